The maximum atomic E-state index is 13.5. The summed E-state index contributed by atoms with van der Waals surface area (Å²) in [4.78, 5) is 42.9. The molecule has 4 rings (SSSR count). The van der Waals surface area contributed by atoms with Crippen LogP contribution in [-0.2, 0) is 9.53 Å². The Bertz CT molecular complexity index is 1570. The van der Waals surface area contributed by atoms with Crippen molar-refractivity contribution in [1.82, 2.24) is 4.98 Å². The number of benzene rings is 2. The maximum Gasteiger partial charge on any atom is 0.350 e. The van der Waals surface area contributed by atoms with Crippen molar-refractivity contribution in [2.75, 3.05) is 11.9 Å². The van der Waals surface area contributed by atoms with Gasteiger partial charge in [-0.25, -0.2) is 9.78 Å². The zero-order valence-corrected chi connectivity index (χ0v) is 22.5. The Balaban J connectivity index is 1.63. The number of hydrogen-bond acceptors (Lipinski definition) is 8. The van der Waals surface area contributed by atoms with Crippen molar-refractivity contribution in [2.45, 2.75) is 40.7 Å². The normalized spacial score (nSPS) is 11.1. The second kappa shape index (κ2) is 10.7. The van der Waals surface area contributed by atoms with Crippen LogP contribution in [0.1, 0.15) is 40.3 Å². The van der Waals surface area contributed by atoms with Gasteiger partial charge in [0.1, 0.15) is 10.5 Å². The molecular formula is C27H25ClN2O6S. The standard InChI is InChI=1S/C27H25ClN2O6S/c1-13(2)35-26(33)25-16(5)29-27(37-25)30-21(31)12-34-24-22(32)18-10-14(3)15(4)11-20(18)36-23(24)17-8-6-7-9-19(17)28/h6-11,13H,12H2,1-5H3,(H,29,30,31). The molecule has 0 spiro atoms. The molecule has 10 heteroatoms. The van der Waals surface area contributed by atoms with E-state index in [1.54, 1.807) is 57.2 Å². The second-order valence-corrected chi connectivity index (χ2v) is 10.1. The molecular weight excluding hydrogens is 516 g/mol. The van der Waals surface area contributed by atoms with Gasteiger partial charge in [-0.15, -0.1) is 0 Å². The summed E-state index contributed by atoms with van der Waals surface area (Å²) < 4.78 is 17.0. The highest BCUT2D eigenvalue weighted by Crippen LogP contribution is 2.36. The predicted octanol–water partition coefficient (Wildman–Crippen LogP) is 6.08. The number of nitrogens with zero attached hydrogens (tertiary/aromatic N) is 1. The van der Waals surface area contributed by atoms with Crippen LogP contribution in [0.15, 0.2) is 45.6 Å². The summed E-state index contributed by atoms with van der Waals surface area (Å²) in [5, 5.41) is 3.51. The van der Waals surface area contributed by atoms with Crippen LogP contribution >= 0.6 is 22.9 Å². The van der Waals surface area contributed by atoms with Crippen molar-refractivity contribution in [3.05, 3.63) is 73.3 Å². The van der Waals surface area contributed by atoms with Gasteiger partial charge in [0.15, 0.2) is 17.5 Å². The Kier molecular flexibility index (Phi) is 7.65. The Morgan fingerprint density at radius 3 is 2.54 bits per heavy atom. The molecule has 1 amide bonds. The summed E-state index contributed by atoms with van der Waals surface area (Å²) in [6, 6.07) is 10.4. The molecule has 2 aromatic heterocycles. The van der Waals surface area contributed by atoms with Crippen molar-refractivity contribution in [1.29, 1.82) is 0 Å². The van der Waals surface area contributed by atoms with E-state index in [0.717, 1.165) is 22.5 Å². The Morgan fingerprint density at radius 1 is 1.14 bits per heavy atom. The van der Waals surface area contributed by atoms with E-state index in [1.807, 2.05) is 13.8 Å². The SMILES string of the molecule is Cc1cc2oc(-c3ccccc3Cl)c(OCC(=O)Nc3nc(C)c(C(=O)OC(C)C)s3)c(=O)c2cc1C. The highest BCUT2D eigenvalue weighted by molar-refractivity contribution is 7.17. The van der Waals surface area contributed by atoms with E-state index in [0.29, 0.717) is 32.1 Å². The molecule has 0 aliphatic heterocycles. The van der Waals surface area contributed by atoms with Gasteiger partial charge in [-0.1, -0.05) is 35.1 Å². The highest BCUT2D eigenvalue weighted by atomic mass is 35.5. The third kappa shape index (κ3) is 5.68. The van der Waals surface area contributed by atoms with Gasteiger partial charge in [-0.2, -0.15) is 0 Å². The zero-order chi connectivity index (χ0) is 26.9. The fourth-order valence-corrected chi connectivity index (χ4v) is 4.67. The van der Waals surface area contributed by atoms with Gasteiger partial charge in [0.2, 0.25) is 11.2 Å². The molecule has 0 bridgehead atoms. The second-order valence-electron chi connectivity index (χ2n) is 8.73. The average Bonchev–Trinajstić information content (AvgIpc) is 3.19. The summed E-state index contributed by atoms with van der Waals surface area (Å²) in [5.74, 6) is -1.08. The molecule has 4 aromatic rings. The predicted molar refractivity (Wildman–Crippen MR) is 144 cm³/mol. The quantitative estimate of drug-likeness (QED) is 0.283. The first-order chi connectivity index (χ1) is 17.5. The van der Waals surface area contributed by atoms with E-state index in [4.69, 9.17) is 25.5 Å². The number of thiazole rings is 1. The van der Waals surface area contributed by atoms with E-state index < -0.39 is 23.9 Å². The van der Waals surface area contributed by atoms with Gasteiger partial charge in [0.25, 0.3) is 5.91 Å². The first-order valence-electron chi connectivity index (χ1n) is 11.5. The maximum absolute atomic E-state index is 13.5. The van der Waals surface area contributed by atoms with Gasteiger partial charge in [0.05, 0.1) is 22.2 Å². The van der Waals surface area contributed by atoms with Crippen LogP contribution in [0.2, 0.25) is 5.02 Å². The molecule has 0 fully saturated rings. The molecule has 1 N–H and O–H groups in total. The van der Waals surface area contributed by atoms with Crippen molar-refractivity contribution < 1.29 is 23.5 Å². The molecule has 2 aromatic carbocycles. The molecule has 0 radical (unpaired) electrons. The molecule has 37 heavy (non-hydrogen) atoms. The van der Waals surface area contributed by atoms with E-state index in [1.165, 1.54) is 0 Å². The van der Waals surface area contributed by atoms with E-state index in [-0.39, 0.29) is 22.7 Å². The Morgan fingerprint density at radius 2 is 1.84 bits per heavy atom. The van der Waals surface area contributed by atoms with Gasteiger partial charge in [0, 0.05) is 5.56 Å². The Labute approximate surface area is 222 Å². The summed E-state index contributed by atoms with van der Waals surface area (Å²) in [6.07, 6.45) is -0.283. The van der Waals surface area contributed by atoms with Crippen molar-refractivity contribution >= 4 is 50.9 Å². The molecule has 0 aliphatic rings. The molecule has 0 saturated heterocycles. The van der Waals surface area contributed by atoms with Crippen molar-refractivity contribution in [3.8, 4) is 17.1 Å². The first-order valence-corrected chi connectivity index (χ1v) is 12.7. The lowest BCUT2D eigenvalue weighted by Crippen LogP contribution is -2.22. The number of carbonyl (C=O) groups is 2. The van der Waals surface area contributed by atoms with Crippen LogP contribution in [0.3, 0.4) is 0 Å². The topological polar surface area (TPSA) is 108 Å². The van der Waals surface area contributed by atoms with Crippen LogP contribution in [0.4, 0.5) is 5.13 Å². The number of anilines is 1. The minimum absolute atomic E-state index is 0.128. The number of amides is 1. The first kappa shape index (κ1) is 26.4. The van der Waals surface area contributed by atoms with Gasteiger partial charge in [-0.05, 0) is 70.0 Å². The number of rotatable bonds is 7. The van der Waals surface area contributed by atoms with Crippen LogP contribution in [0.25, 0.3) is 22.3 Å². The molecule has 0 saturated carbocycles. The van der Waals surface area contributed by atoms with Crippen LogP contribution in [0.5, 0.6) is 5.75 Å². The number of fused-ring (bicyclic) bond motifs is 1. The molecule has 0 atom stereocenters. The van der Waals surface area contributed by atoms with E-state index in [9.17, 15) is 14.4 Å². The highest BCUT2D eigenvalue weighted by Gasteiger charge is 2.22. The minimum Gasteiger partial charge on any atom is -0.476 e. The molecule has 0 aliphatic carbocycles. The average molecular weight is 541 g/mol. The number of hydrogen-bond donors (Lipinski definition) is 1. The van der Waals surface area contributed by atoms with E-state index in [2.05, 4.69) is 10.3 Å². The summed E-state index contributed by atoms with van der Waals surface area (Å²) in [6.45, 7) is 8.47. The lowest BCUT2D eigenvalue weighted by atomic mass is 10.0. The van der Waals surface area contributed by atoms with Crippen molar-refractivity contribution in [2.24, 2.45) is 0 Å². The fraction of sp³-hybridized carbons (Fsp3) is 0.259. The lowest BCUT2D eigenvalue weighted by molar-refractivity contribution is -0.118. The third-order valence-corrected chi connectivity index (χ3v) is 6.88. The summed E-state index contributed by atoms with van der Waals surface area (Å²) in [7, 11) is 0. The van der Waals surface area contributed by atoms with Crippen molar-refractivity contribution in [3.63, 3.8) is 0 Å². The van der Waals surface area contributed by atoms with Crippen LogP contribution < -0.4 is 15.5 Å². The molecule has 0 unspecified atom stereocenters. The number of halogens is 1. The van der Waals surface area contributed by atoms with Crippen LogP contribution in [0, 0.1) is 20.8 Å². The molecule has 192 valence electrons. The summed E-state index contributed by atoms with van der Waals surface area (Å²) in [5.41, 5.74) is 2.74. The Hall–Kier alpha value is -3.69. The zero-order valence-electron chi connectivity index (χ0n) is 20.9. The lowest BCUT2D eigenvalue weighted by Gasteiger charge is -2.13. The van der Waals surface area contributed by atoms with Gasteiger partial charge >= 0.3 is 5.97 Å². The molecule has 2 heterocycles. The summed E-state index contributed by atoms with van der Waals surface area (Å²) >= 11 is 7.39. The number of esters is 1. The number of aromatic nitrogens is 1. The molecule has 8 nitrogen and oxygen atoms in total. The number of carbonyl (C=O) groups excluding carboxylic acids is 2. The van der Waals surface area contributed by atoms with Gasteiger partial charge in [-0.3, -0.25) is 14.9 Å². The number of nitrogens with one attached hydrogen (secondary N) is 1. The minimum atomic E-state index is -0.567. The number of ether oxygens (including phenoxy) is 2. The van der Waals surface area contributed by atoms with Crippen LogP contribution in [-0.4, -0.2) is 29.6 Å². The largest absolute Gasteiger partial charge is 0.476 e. The monoisotopic (exact) mass is 540 g/mol. The van der Waals surface area contributed by atoms with E-state index >= 15 is 0 Å². The fourth-order valence-electron chi connectivity index (χ4n) is 3.59. The van der Waals surface area contributed by atoms with Gasteiger partial charge < -0.3 is 13.9 Å². The third-order valence-electron chi connectivity index (χ3n) is 5.50. The smallest absolute Gasteiger partial charge is 0.350 e. The number of aryl methyl sites for hydroxylation is 3.